The number of halogens is 1. The van der Waals surface area contributed by atoms with Gasteiger partial charge >= 0.3 is 12.2 Å². The van der Waals surface area contributed by atoms with Gasteiger partial charge < -0.3 is 66.2 Å². The molecule has 0 bridgehead atoms. The van der Waals surface area contributed by atoms with Crippen molar-refractivity contribution in [1.82, 2.24) is 31.1 Å². The van der Waals surface area contributed by atoms with Crippen molar-refractivity contribution < 1.29 is 67.2 Å². The number of nitrogens with two attached hydrogens (primary N) is 1. The summed E-state index contributed by atoms with van der Waals surface area (Å²) in [5, 5.41) is 27.8. The number of hydrogen-bond donors (Lipinski definition) is 7. The number of likely N-dealkylation sites (N-methyl/N-ethyl adjacent to an activating group) is 1. The molecule has 4 aliphatic heterocycles. The molecule has 90 heavy (non-hydrogen) atoms. The number of carbonyl (C=O) groups excluding carboxylic acids is 9. The number of amides is 9. The second-order valence-corrected chi connectivity index (χ2v) is 23.6. The molecule has 1 saturated heterocycles. The molecule has 8 N–H and O–H groups in total. The monoisotopic (exact) mass is 1260 g/mol. The number of methoxy groups -OCH3 is 1. The Hall–Kier alpha value is -8.32. The Balaban J connectivity index is 0.790. The van der Waals surface area contributed by atoms with Gasteiger partial charge in [-0.15, -0.1) is 11.6 Å². The maximum absolute atomic E-state index is 14.3. The zero-order valence-electron chi connectivity index (χ0n) is 51.0. The van der Waals surface area contributed by atoms with Crippen LogP contribution in [-0.4, -0.2) is 159 Å². The number of anilines is 3. The van der Waals surface area contributed by atoms with Crippen molar-refractivity contribution in [2.45, 2.75) is 127 Å². The summed E-state index contributed by atoms with van der Waals surface area (Å²) in [6, 6.07) is 17.1. The number of benzene rings is 4. The molecule has 1 unspecified atom stereocenters. The van der Waals surface area contributed by atoms with E-state index in [0.717, 1.165) is 21.2 Å². The normalized spacial score (nSPS) is 18.3. The van der Waals surface area contributed by atoms with Crippen LogP contribution < -0.4 is 56.3 Å². The Bertz CT molecular complexity index is 3320. The summed E-state index contributed by atoms with van der Waals surface area (Å²) in [5.41, 5.74) is 7.13. The number of ether oxygens (including phenoxy) is 4. The van der Waals surface area contributed by atoms with Gasteiger partial charge in [0, 0.05) is 92.8 Å². The van der Waals surface area contributed by atoms with Gasteiger partial charge in [0.2, 0.25) is 23.6 Å². The van der Waals surface area contributed by atoms with E-state index in [-0.39, 0.29) is 84.9 Å². The summed E-state index contributed by atoms with van der Waals surface area (Å²) in [5.74, 6) is -1.68. The van der Waals surface area contributed by atoms with E-state index in [9.17, 15) is 48.3 Å². The van der Waals surface area contributed by atoms with Crippen LogP contribution >= 0.6 is 11.6 Å². The summed E-state index contributed by atoms with van der Waals surface area (Å²) in [4.78, 5) is 126. The first-order chi connectivity index (χ1) is 43.6. The number of fused-ring (bicyclic) bond motifs is 5. The van der Waals surface area contributed by atoms with Crippen molar-refractivity contribution in [3.05, 3.63) is 95.6 Å². The van der Waals surface area contributed by atoms with Crippen LogP contribution in [0.2, 0.25) is 0 Å². The number of hydrogen-bond acceptors (Lipinski definition) is 16. The van der Waals surface area contributed by atoms with Crippen LogP contribution in [0.3, 0.4) is 0 Å². The molecule has 1 saturated carbocycles. The predicted octanol–water partition coefficient (Wildman–Crippen LogP) is 6.48. The van der Waals surface area contributed by atoms with Crippen LogP contribution in [0.1, 0.15) is 124 Å². The van der Waals surface area contributed by atoms with Crippen molar-refractivity contribution in [1.29, 1.82) is 0 Å². The fraction of sp³-hybridized carbons (Fsp3) is 0.492. The van der Waals surface area contributed by atoms with Crippen molar-refractivity contribution in [3.8, 4) is 17.2 Å². The van der Waals surface area contributed by atoms with E-state index in [0.29, 0.717) is 145 Å². The van der Waals surface area contributed by atoms with Gasteiger partial charge in [0.25, 0.3) is 17.7 Å². The quantitative estimate of drug-likeness (QED) is 0.0127. The SMILES string of the molecule is CNCCNC(=O)Oc1cc2c(c3ccccc13)[C@H](CCl)CN2C(=O)CCCCCOc1cc2c(cc1OC)C(=O)N1CCC[C@H]1C(O)N2C(=O)OCc1ccc(NC(=O)[C@H](CCCCN)NC(=O)C2(C(=O)NCCCCCN3C(=O)C=CC3=O)CCC2)cc1. The number of aliphatic hydroxyl groups is 1. The molecule has 0 aromatic heterocycles. The molecule has 1 aliphatic carbocycles. The molecule has 24 nitrogen and oxygen atoms in total. The number of aliphatic hydroxyl groups excluding tert-OH is 1. The molecule has 0 spiro atoms. The minimum absolute atomic E-state index is 0.0676. The first-order valence-electron chi connectivity index (χ1n) is 31.2. The zero-order valence-corrected chi connectivity index (χ0v) is 51.7. The number of alkyl halides is 1. The van der Waals surface area contributed by atoms with E-state index in [2.05, 4.69) is 26.6 Å². The minimum Gasteiger partial charge on any atom is -0.493 e. The number of nitrogens with zero attached hydrogens (tertiary/aromatic N) is 4. The third kappa shape index (κ3) is 15.1. The highest BCUT2D eigenvalue weighted by Gasteiger charge is 2.51. The second-order valence-electron chi connectivity index (χ2n) is 23.3. The standard InChI is InChI=1S/C65H81ClN10O14/c1-68-30-31-70-63(85)90-51-37-50-57(45-16-7-6-15-44(45)51)42(38-66)39-75(50)54(77)19-5-3-12-34-88-53-36-49-46(35-52(53)87-2)59(81)73-33-13-18-48(73)60(82)76(49)64(86)89-40-41-20-22-43(23-21-41)71-58(80)47(17-8-9-28-67)72-62(84)65(26-14-27-65)61(83)69-29-10-4-11-32-74-55(78)24-25-56(74)79/h6-7,15-16,20-25,35-37,42,47-48,60,68,82H,3-5,8-14,17-19,26-34,38-40,67H2,1-2H3,(H,69,83)(H,70,85)(H,71,80)(H,72,84)/t42-,47+,48+,60?/m1/s1. The van der Waals surface area contributed by atoms with Gasteiger partial charge in [0.1, 0.15) is 23.8 Å². The smallest absolute Gasteiger partial charge is 0.416 e. The van der Waals surface area contributed by atoms with Gasteiger partial charge in [-0.1, -0.05) is 42.8 Å². The van der Waals surface area contributed by atoms with Crippen LogP contribution in [0, 0.1) is 5.41 Å². The molecule has 5 aliphatic rings. The molecular formula is C65H81ClN10O14. The average Bonchev–Trinajstić information content (AvgIpc) is 1.61. The lowest BCUT2D eigenvalue weighted by Gasteiger charge is -2.39. The third-order valence-corrected chi connectivity index (χ3v) is 17.7. The van der Waals surface area contributed by atoms with E-state index in [1.807, 2.05) is 24.3 Å². The molecule has 4 aromatic rings. The topological polar surface area (TPSA) is 310 Å². The molecule has 9 amide bonds. The lowest BCUT2D eigenvalue weighted by atomic mass is 9.67. The van der Waals surface area contributed by atoms with Gasteiger partial charge in [-0.3, -0.25) is 38.5 Å². The number of imide groups is 1. The molecule has 482 valence electrons. The largest absolute Gasteiger partial charge is 0.493 e. The lowest BCUT2D eigenvalue weighted by Crippen LogP contribution is -2.58. The lowest BCUT2D eigenvalue weighted by molar-refractivity contribution is -0.151. The Kier molecular flexibility index (Phi) is 22.7. The zero-order chi connectivity index (χ0) is 63.9. The predicted molar refractivity (Wildman–Crippen MR) is 336 cm³/mol. The molecule has 25 heteroatoms. The maximum Gasteiger partial charge on any atom is 0.416 e. The summed E-state index contributed by atoms with van der Waals surface area (Å²) < 4.78 is 23.6. The number of unbranched alkanes of at least 4 members (excludes halogenated alkanes) is 5. The Morgan fingerprint density at radius 3 is 2.26 bits per heavy atom. The molecule has 2 fully saturated rings. The number of nitrogens with one attached hydrogen (secondary N) is 5. The van der Waals surface area contributed by atoms with Crippen molar-refractivity contribution >= 4 is 93.0 Å². The summed E-state index contributed by atoms with van der Waals surface area (Å²) in [6.45, 7) is 2.58. The molecule has 0 radical (unpaired) electrons. The van der Waals surface area contributed by atoms with Crippen molar-refractivity contribution in [2.24, 2.45) is 11.1 Å². The van der Waals surface area contributed by atoms with Gasteiger partial charge in [0.05, 0.1) is 36.7 Å². The van der Waals surface area contributed by atoms with Gasteiger partial charge in [-0.2, -0.15) is 0 Å². The summed E-state index contributed by atoms with van der Waals surface area (Å²) in [7, 11) is 3.22. The molecule has 4 aromatic carbocycles. The fourth-order valence-corrected chi connectivity index (χ4v) is 12.5. The van der Waals surface area contributed by atoms with E-state index in [1.165, 1.54) is 36.3 Å². The fourth-order valence-electron chi connectivity index (χ4n) is 12.2. The molecule has 4 atom stereocenters. The van der Waals surface area contributed by atoms with Crippen LogP contribution in [0.25, 0.3) is 10.8 Å². The van der Waals surface area contributed by atoms with Gasteiger partial charge in [0.15, 0.2) is 17.7 Å². The number of rotatable bonds is 30. The Morgan fingerprint density at radius 1 is 0.800 bits per heavy atom. The summed E-state index contributed by atoms with van der Waals surface area (Å²) >= 11 is 6.51. The van der Waals surface area contributed by atoms with E-state index >= 15 is 0 Å². The highest BCUT2D eigenvalue weighted by atomic mass is 35.5. The molecule has 4 heterocycles. The first kappa shape index (κ1) is 66.1. The van der Waals surface area contributed by atoms with Crippen LogP contribution in [0.5, 0.6) is 17.2 Å². The van der Waals surface area contributed by atoms with E-state index < -0.39 is 59.5 Å². The highest BCUT2D eigenvalue weighted by Crippen LogP contribution is 2.47. The Labute approximate surface area is 527 Å². The van der Waals surface area contributed by atoms with E-state index in [1.54, 1.807) is 47.2 Å². The van der Waals surface area contributed by atoms with Gasteiger partial charge in [-0.25, -0.2) is 14.5 Å². The number of carbonyl (C=O) groups is 9. The molecule has 9 rings (SSSR count). The third-order valence-electron chi connectivity index (χ3n) is 17.4. The maximum atomic E-state index is 14.3. The van der Waals surface area contributed by atoms with Crippen LogP contribution in [0.15, 0.2) is 78.9 Å². The second kappa shape index (κ2) is 30.9. The summed E-state index contributed by atoms with van der Waals surface area (Å²) in [6.07, 6.45) is 6.91. The minimum atomic E-state index is -1.48. The van der Waals surface area contributed by atoms with Crippen molar-refractivity contribution in [3.63, 3.8) is 0 Å². The van der Waals surface area contributed by atoms with Gasteiger partial charge in [-0.05, 0) is 132 Å². The first-order valence-corrected chi connectivity index (χ1v) is 31.7. The van der Waals surface area contributed by atoms with E-state index in [4.69, 9.17) is 36.3 Å². The Morgan fingerprint density at radius 2 is 1.54 bits per heavy atom. The molecular weight excluding hydrogens is 1180 g/mol. The average molecular weight is 1260 g/mol. The highest BCUT2D eigenvalue weighted by molar-refractivity contribution is 6.19. The van der Waals surface area contributed by atoms with Crippen molar-refractivity contribution in [2.75, 3.05) is 87.6 Å². The van der Waals surface area contributed by atoms with Crippen LogP contribution in [0.4, 0.5) is 26.7 Å². The van der Waals surface area contributed by atoms with Crippen LogP contribution in [-0.2, 0) is 40.1 Å².